The van der Waals surface area contributed by atoms with Gasteiger partial charge in [-0.15, -0.1) is 0 Å². The summed E-state index contributed by atoms with van der Waals surface area (Å²) in [6, 6.07) is 16.9. The smallest absolute Gasteiger partial charge is 0.168 e. The first-order chi connectivity index (χ1) is 19.6. The second kappa shape index (κ2) is 13.7. The Morgan fingerprint density at radius 1 is 0.500 bits per heavy atom. The summed E-state index contributed by atoms with van der Waals surface area (Å²) >= 11 is 0. The van der Waals surface area contributed by atoms with Gasteiger partial charge in [0.2, 0.25) is 0 Å². The van der Waals surface area contributed by atoms with E-state index in [0.717, 1.165) is 16.3 Å². The summed E-state index contributed by atoms with van der Waals surface area (Å²) in [7, 11) is -1.40. The van der Waals surface area contributed by atoms with Crippen LogP contribution in [0.15, 0.2) is 109 Å². The number of Topliss-reactive ketones (excluding diaryl/α,β-unsaturated/α-hetero) is 3. The van der Waals surface area contributed by atoms with Crippen LogP contribution in [0, 0.1) is 0 Å². The molecule has 204 valence electrons. The van der Waals surface area contributed by atoms with Crippen molar-refractivity contribution in [1.29, 1.82) is 0 Å². The number of hydrogen-bond donors (Lipinski definition) is 1. The molecular formula is C33H25AlN3O4P. The van der Waals surface area contributed by atoms with Crippen molar-refractivity contribution < 1.29 is 19.9 Å². The molecule has 0 spiro atoms. The predicted molar refractivity (Wildman–Crippen MR) is 166 cm³/mol. The molecule has 0 unspecified atom stereocenters. The van der Waals surface area contributed by atoms with Crippen LogP contribution in [-0.4, -0.2) is 55.1 Å². The van der Waals surface area contributed by atoms with Crippen LogP contribution in [0.1, 0.15) is 36.3 Å². The van der Waals surface area contributed by atoms with Crippen LogP contribution in [0.4, 0.5) is 0 Å². The Kier molecular flexibility index (Phi) is 10.0. The zero-order valence-corrected chi connectivity index (χ0v) is 24.6. The lowest BCUT2D eigenvalue weighted by Gasteiger charge is -2.20. The van der Waals surface area contributed by atoms with E-state index >= 15 is 0 Å². The first-order valence-electron chi connectivity index (χ1n) is 13.0. The highest BCUT2D eigenvalue weighted by molar-refractivity contribution is 7.79. The Morgan fingerprint density at radius 2 is 0.810 bits per heavy atom. The molecule has 3 aromatic rings. The summed E-state index contributed by atoms with van der Waals surface area (Å²) in [5, 5.41) is 0. The van der Waals surface area contributed by atoms with E-state index in [9.17, 15) is 14.4 Å². The van der Waals surface area contributed by atoms with Crippen molar-refractivity contribution in [3.63, 3.8) is 0 Å². The molecule has 42 heavy (non-hydrogen) atoms. The Labute approximate surface area is 255 Å². The largest absolute Gasteiger partial charge is 0.294 e. The maximum atomic E-state index is 12.7. The molecule has 6 rings (SSSR count). The molecular weight excluding hydrogens is 560 g/mol. The van der Waals surface area contributed by atoms with E-state index in [1.165, 1.54) is 0 Å². The number of allylic oxidation sites excluding steroid dienone is 12. The monoisotopic (exact) mass is 585 g/mol. The fraction of sp³-hybridized carbons (Fsp3) is 0.0909. The highest BCUT2D eigenvalue weighted by Crippen LogP contribution is 2.33. The molecule has 0 amide bonds. The zero-order chi connectivity index (χ0) is 27.5. The van der Waals surface area contributed by atoms with E-state index in [4.69, 9.17) is 15.0 Å². The molecule has 0 aliphatic heterocycles. The van der Waals surface area contributed by atoms with Gasteiger partial charge in [-0.1, -0.05) is 54.7 Å². The van der Waals surface area contributed by atoms with Crippen molar-refractivity contribution in [2.75, 3.05) is 0 Å². The Balaban J connectivity index is 0.00000202. The Morgan fingerprint density at radius 3 is 1.10 bits per heavy atom. The predicted octanol–water partition coefficient (Wildman–Crippen LogP) is 3.81. The zero-order valence-electron chi connectivity index (χ0n) is 22.6. The van der Waals surface area contributed by atoms with Crippen LogP contribution in [0.25, 0.3) is 16.7 Å². The van der Waals surface area contributed by atoms with Crippen LogP contribution in [0.5, 0.6) is 0 Å². The molecule has 3 aliphatic carbocycles. The average molecular weight is 586 g/mol. The number of carbonyl (C=O) groups is 3. The normalized spacial score (nSPS) is 15.9. The minimum atomic E-state index is -1.40. The van der Waals surface area contributed by atoms with E-state index in [2.05, 4.69) is 0 Å². The van der Waals surface area contributed by atoms with Gasteiger partial charge in [-0.3, -0.25) is 19.9 Å². The number of nitrogens with zero attached hydrogens (tertiary/aromatic N) is 3. The van der Waals surface area contributed by atoms with Crippen molar-refractivity contribution in [3.8, 4) is 0 Å². The summed E-state index contributed by atoms with van der Waals surface area (Å²) in [5.74, 6) is 0.0509. The van der Waals surface area contributed by atoms with E-state index in [1.807, 2.05) is 91.1 Å². The van der Waals surface area contributed by atoms with Crippen molar-refractivity contribution in [3.05, 3.63) is 126 Å². The highest BCUT2D eigenvalue weighted by atomic mass is 31.1. The molecule has 3 aromatic heterocycles. The molecule has 7 nitrogen and oxygen atoms in total. The maximum absolute atomic E-state index is 12.7. The van der Waals surface area contributed by atoms with Crippen LogP contribution >= 0.6 is 7.92 Å². The summed E-state index contributed by atoms with van der Waals surface area (Å²) in [6.07, 6.45) is 17.5. The van der Waals surface area contributed by atoms with Gasteiger partial charge in [-0.05, 0) is 54.6 Å². The lowest BCUT2D eigenvalue weighted by molar-refractivity contribution is -0.113. The molecule has 0 saturated heterocycles. The van der Waals surface area contributed by atoms with Crippen LogP contribution < -0.4 is 16.3 Å². The number of rotatable bonds is 6. The van der Waals surface area contributed by atoms with Crippen molar-refractivity contribution >= 4 is 75.7 Å². The summed E-state index contributed by atoms with van der Waals surface area (Å²) in [4.78, 5) is 52.8. The SMILES string of the molecule is O=C1CC=CC=C1c1cccc(P(c2cccc(C3=CC=CCC3=O)n2)c2cccc(C3=CC=CCC3=O)n2)n1.[Al].[OH]. The minimum Gasteiger partial charge on any atom is -0.294 e. The third-order valence-corrected chi connectivity index (χ3v) is 8.85. The molecule has 0 fully saturated rings. The first kappa shape index (κ1) is 30.8. The molecule has 0 atom stereocenters. The van der Waals surface area contributed by atoms with Gasteiger partial charge >= 0.3 is 0 Å². The van der Waals surface area contributed by atoms with Gasteiger partial charge in [0.1, 0.15) is 0 Å². The average Bonchev–Trinajstić information content (AvgIpc) is 2.99. The third kappa shape index (κ3) is 6.33. The fourth-order valence-corrected chi connectivity index (χ4v) is 6.79. The molecule has 1 N–H and O–H groups in total. The molecule has 3 aliphatic rings. The second-order valence-corrected chi connectivity index (χ2v) is 11.4. The minimum absolute atomic E-state index is 0. The maximum Gasteiger partial charge on any atom is 0.168 e. The number of carbonyl (C=O) groups excluding carboxylic acids is 3. The summed E-state index contributed by atoms with van der Waals surface area (Å²) in [5.41, 5.74) is 5.65. The van der Waals surface area contributed by atoms with E-state index in [-0.39, 0.29) is 40.2 Å². The molecule has 0 saturated carbocycles. The molecule has 4 radical (unpaired) electrons. The molecule has 9 heteroatoms. The van der Waals surface area contributed by atoms with Crippen molar-refractivity contribution in [2.24, 2.45) is 0 Å². The standard InChI is InChI=1S/C33H24N3O3P.Al.HO/c37-28-16-4-1-10-22(28)25-13-7-19-31(34-25)40(32-20-8-14-26(35-32)23-11-2-5-17-29(23)38)33-21-9-15-27(36-33)24-12-3-6-18-30(24)39;;/h1-15,19-21H,16-18H2;;1H. The van der Waals surface area contributed by atoms with Crippen molar-refractivity contribution in [2.45, 2.75) is 19.3 Å². The number of ketones is 3. The van der Waals surface area contributed by atoms with E-state index in [1.54, 1.807) is 18.2 Å². The lowest BCUT2D eigenvalue weighted by Crippen LogP contribution is -2.28. The number of pyridine rings is 3. The fourth-order valence-electron chi connectivity index (χ4n) is 4.76. The summed E-state index contributed by atoms with van der Waals surface area (Å²) < 4.78 is 0. The van der Waals surface area contributed by atoms with Gasteiger partial charge in [0, 0.05) is 61.3 Å². The number of hydrogen-bond acceptors (Lipinski definition) is 6. The van der Waals surface area contributed by atoms with Gasteiger partial charge in [0.25, 0.3) is 0 Å². The van der Waals surface area contributed by atoms with Gasteiger partial charge < -0.3 is 0 Å². The van der Waals surface area contributed by atoms with Crippen LogP contribution in [0.2, 0.25) is 0 Å². The number of aromatic nitrogens is 3. The Bertz CT molecular complexity index is 1550. The third-order valence-electron chi connectivity index (χ3n) is 6.73. The quantitative estimate of drug-likeness (QED) is 0.347. The topological polar surface area (TPSA) is 120 Å². The van der Waals surface area contributed by atoms with E-state index in [0.29, 0.717) is 53.1 Å². The Hall–Kier alpha value is -4.18. The van der Waals surface area contributed by atoms with Crippen LogP contribution in [0.3, 0.4) is 0 Å². The van der Waals surface area contributed by atoms with Crippen LogP contribution in [-0.2, 0) is 14.4 Å². The lowest BCUT2D eigenvalue weighted by atomic mass is 10.0. The van der Waals surface area contributed by atoms with Gasteiger partial charge in [0.05, 0.1) is 33.4 Å². The van der Waals surface area contributed by atoms with Crippen molar-refractivity contribution in [1.82, 2.24) is 15.0 Å². The van der Waals surface area contributed by atoms with Gasteiger partial charge in [-0.2, -0.15) is 0 Å². The van der Waals surface area contributed by atoms with E-state index < -0.39 is 7.92 Å². The second-order valence-electron chi connectivity index (χ2n) is 9.39. The molecule has 0 aromatic carbocycles. The summed E-state index contributed by atoms with van der Waals surface area (Å²) in [6.45, 7) is 0. The highest BCUT2D eigenvalue weighted by Gasteiger charge is 2.26. The van der Waals surface area contributed by atoms with Gasteiger partial charge in [-0.25, -0.2) is 15.0 Å². The molecule has 0 bridgehead atoms. The first-order valence-corrected chi connectivity index (χ1v) is 14.3. The molecule has 3 heterocycles. The van der Waals surface area contributed by atoms with Gasteiger partial charge in [0.15, 0.2) is 17.3 Å².